The molecule has 0 heterocycles. The van der Waals surface area contributed by atoms with E-state index in [9.17, 15) is 4.79 Å². The highest BCUT2D eigenvalue weighted by Gasteiger charge is 2.13. The molecule has 0 aromatic heterocycles. The number of carbonyl (C=O) groups excluding carboxylic acids is 1. The van der Waals surface area contributed by atoms with Gasteiger partial charge in [-0.3, -0.25) is 4.79 Å². The Morgan fingerprint density at radius 2 is 1.88 bits per heavy atom. The Kier molecular flexibility index (Phi) is 4.77. The summed E-state index contributed by atoms with van der Waals surface area (Å²) in [5.41, 5.74) is 1.81. The van der Waals surface area contributed by atoms with Gasteiger partial charge in [-0.2, -0.15) is 0 Å². The molecule has 3 heteroatoms. The van der Waals surface area contributed by atoms with E-state index < -0.39 is 0 Å². The number of rotatable bonds is 4. The van der Waals surface area contributed by atoms with Gasteiger partial charge in [0.25, 0.3) is 0 Å². The van der Waals surface area contributed by atoms with Gasteiger partial charge in [0.2, 0.25) is 0 Å². The summed E-state index contributed by atoms with van der Waals surface area (Å²) in [6, 6.07) is 3.99. The molecule has 0 aliphatic carbocycles. The molecule has 0 bridgehead atoms. The van der Waals surface area contributed by atoms with Crippen molar-refractivity contribution >= 4 is 28.9 Å². The predicted molar refractivity (Wildman–Crippen MR) is 74.4 cm³/mol. The number of aldehydes is 1. The van der Waals surface area contributed by atoms with E-state index in [4.69, 9.17) is 4.74 Å². The van der Waals surface area contributed by atoms with Crippen LogP contribution >= 0.6 is 22.6 Å². The molecule has 0 fully saturated rings. The van der Waals surface area contributed by atoms with Crippen LogP contribution in [0.2, 0.25) is 0 Å². The Morgan fingerprint density at radius 1 is 1.25 bits per heavy atom. The number of carbonyl (C=O) groups is 1. The molecule has 0 radical (unpaired) electrons. The van der Waals surface area contributed by atoms with Crippen molar-refractivity contribution in [2.75, 3.05) is 0 Å². The molecule has 0 spiro atoms. The third kappa shape index (κ3) is 3.20. The Labute approximate surface area is 111 Å². The van der Waals surface area contributed by atoms with Crippen LogP contribution in [0.4, 0.5) is 0 Å². The summed E-state index contributed by atoms with van der Waals surface area (Å²) in [4.78, 5) is 11.1. The minimum Gasteiger partial charge on any atom is -0.489 e. The Morgan fingerprint density at radius 3 is 2.31 bits per heavy atom. The lowest BCUT2D eigenvalue weighted by atomic mass is 10.0. The molecule has 1 aromatic carbocycles. The predicted octanol–water partition coefficient (Wildman–Crippen LogP) is 4.01. The average Bonchev–Trinajstić information content (AvgIpc) is 2.19. The van der Waals surface area contributed by atoms with Crippen molar-refractivity contribution in [3.63, 3.8) is 0 Å². The summed E-state index contributed by atoms with van der Waals surface area (Å²) in [5.74, 6) is 1.12. The standard InChI is InChI=1S/C13H17IO2/c1-8(2)10-5-11(7-15)13(12(14)6-10)16-9(3)4/h5-9H,1-4H3. The molecule has 0 saturated carbocycles. The molecule has 0 aliphatic heterocycles. The van der Waals surface area contributed by atoms with Crippen LogP contribution in [-0.2, 0) is 0 Å². The third-order valence-electron chi connectivity index (χ3n) is 2.24. The van der Waals surface area contributed by atoms with Crippen LogP contribution in [0.15, 0.2) is 12.1 Å². The summed E-state index contributed by atoms with van der Waals surface area (Å²) < 4.78 is 6.66. The molecular weight excluding hydrogens is 315 g/mol. The van der Waals surface area contributed by atoms with Crippen molar-refractivity contribution < 1.29 is 9.53 Å². The number of benzene rings is 1. The van der Waals surface area contributed by atoms with E-state index in [0.29, 0.717) is 17.2 Å². The molecule has 0 aliphatic rings. The van der Waals surface area contributed by atoms with Crippen molar-refractivity contribution in [1.82, 2.24) is 0 Å². The lowest BCUT2D eigenvalue weighted by molar-refractivity contribution is 0.111. The van der Waals surface area contributed by atoms with Crippen molar-refractivity contribution in [1.29, 1.82) is 0 Å². The third-order valence-corrected chi connectivity index (χ3v) is 3.04. The maximum atomic E-state index is 11.1. The molecule has 2 nitrogen and oxygen atoms in total. The van der Waals surface area contributed by atoms with Crippen LogP contribution in [0.5, 0.6) is 5.75 Å². The highest BCUT2D eigenvalue weighted by Crippen LogP contribution is 2.30. The molecule has 1 rings (SSSR count). The number of hydrogen-bond acceptors (Lipinski definition) is 2. The van der Waals surface area contributed by atoms with Crippen LogP contribution < -0.4 is 4.74 Å². The summed E-state index contributed by atoms with van der Waals surface area (Å²) >= 11 is 2.22. The summed E-state index contributed by atoms with van der Waals surface area (Å²) in [7, 11) is 0. The summed E-state index contributed by atoms with van der Waals surface area (Å²) in [6.07, 6.45) is 0.947. The van der Waals surface area contributed by atoms with E-state index in [2.05, 4.69) is 42.5 Å². The quantitative estimate of drug-likeness (QED) is 0.615. The monoisotopic (exact) mass is 332 g/mol. The largest absolute Gasteiger partial charge is 0.489 e. The first-order valence-electron chi connectivity index (χ1n) is 5.41. The maximum absolute atomic E-state index is 11.1. The van der Waals surface area contributed by atoms with Crippen molar-refractivity contribution in [2.24, 2.45) is 0 Å². The zero-order valence-corrected chi connectivity index (χ0v) is 12.2. The fourth-order valence-corrected chi connectivity index (χ4v) is 2.22. The Hall–Kier alpha value is -0.580. The molecule has 88 valence electrons. The van der Waals surface area contributed by atoms with Crippen LogP contribution in [0.1, 0.15) is 49.5 Å². The van der Waals surface area contributed by atoms with Crippen LogP contribution in [0.25, 0.3) is 0 Å². The minimum atomic E-state index is 0.0807. The normalized spacial score (nSPS) is 10.9. The number of hydrogen-bond donors (Lipinski definition) is 0. The molecular formula is C13H17IO2. The average molecular weight is 332 g/mol. The van der Waals surface area contributed by atoms with Gasteiger partial charge in [0.1, 0.15) is 5.75 Å². The van der Waals surface area contributed by atoms with Crippen molar-refractivity contribution in [2.45, 2.75) is 39.7 Å². The van der Waals surface area contributed by atoms with E-state index in [1.165, 1.54) is 5.56 Å². The fraction of sp³-hybridized carbons (Fsp3) is 0.462. The zero-order valence-electron chi connectivity index (χ0n) is 10.1. The van der Waals surface area contributed by atoms with Gasteiger partial charge in [0, 0.05) is 0 Å². The van der Waals surface area contributed by atoms with E-state index in [1.54, 1.807) is 0 Å². The molecule has 0 atom stereocenters. The second kappa shape index (κ2) is 5.66. The molecule has 0 unspecified atom stereocenters. The van der Waals surface area contributed by atoms with Gasteiger partial charge in [-0.25, -0.2) is 0 Å². The van der Waals surface area contributed by atoms with Gasteiger partial charge in [0.15, 0.2) is 6.29 Å². The van der Waals surface area contributed by atoms with Crippen LogP contribution in [0, 0.1) is 3.57 Å². The van der Waals surface area contributed by atoms with E-state index >= 15 is 0 Å². The van der Waals surface area contributed by atoms with E-state index in [1.807, 2.05) is 19.9 Å². The van der Waals surface area contributed by atoms with Crippen LogP contribution in [-0.4, -0.2) is 12.4 Å². The topological polar surface area (TPSA) is 26.3 Å². The summed E-state index contributed by atoms with van der Waals surface area (Å²) in [5, 5.41) is 0. The van der Waals surface area contributed by atoms with Crippen molar-refractivity contribution in [3.05, 3.63) is 26.8 Å². The first kappa shape index (κ1) is 13.5. The van der Waals surface area contributed by atoms with Crippen molar-refractivity contribution in [3.8, 4) is 5.75 Å². The minimum absolute atomic E-state index is 0.0807. The van der Waals surface area contributed by atoms with Gasteiger partial charge in [0.05, 0.1) is 15.2 Å². The lowest BCUT2D eigenvalue weighted by Crippen LogP contribution is -2.09. The second-order valence-corrected chi connectivity index (χ2v) is 5.52. The smallest absolute Gasteiger partial charge is 0.153 e. The van der Waals surface area contributed by atoms with Crippen LogP contribution in [0.3, 0.4) is 0 Å². The molecule has 0 saturated heterocycles. The van der Waals surface area contributed by atoms with Gasteiger partial charge < -0.3 is 4.74 Å². The summed E-state index contributed by atoms with van der Waals surface area (Å²) in [6.45, 7) is 8.15. The Bertz CT molecular complexity index is 384. The van der Waals surface area contributed by atoms with E-state index in [-0.39, 0.29) is 6.10 Å². The lowest BCUT2D eigenvalue weighted by Gasteiger charge is -2.16. The van der Waals surface area contributed by atoms with Gasteiger partial charge in [-0.15, -0.1) is 0 Å². The highest BCUT2D eigenvalue weighted by molar-refractivity contribution is 14.1. The second-order valence-electron chi connectivity index (χ2n) is 4.36. The van der Waals surface area contributed by atoms with E-state index in [0.717, 1.165) is 9.86 Å². The number of halogens is 1. The Balaban J connectivity index is 3.23. The first-order chi connectivity index (χ1) is 7.45. The highest BCUT2D eigenvalue weighted by atomic mass is 127. The molecule has 16 heavy (non-hydrogen) atoms. The molecule has 0 amide bonds. The first-order valence-corrected chi connectivity index (χ1v) is 6.48. The zero-order chi connectivity index (χ0) is 12.3. The van der Waals surface area contributed by atoms with Gasteiger partial charge >= 0.3 is 0 Å². The molecule has 1 aromatic rings. The molecule has 0 N–H and O–H groups in total. The SMILES string of the molecule is CC(C)Oc1c(I)cc(C(C)C)cc1C=O. The fourth-order valence-electron chi connectivity index (χ4n) is 1.42. The number of ether oxygens (including phenoxy) is 1. The van der Waals surface area contributed by atoms with Gasteiger partial charge in [-0.1, -0.05) is 13.8 Å². The van der Waals surface area contributed by atoms with Gasteiger partial charge in [-0.05, 0) is 60.1 Å². The maximum Gasteiger partial charge on any atom is 0.153 e.